The number of carbonyl (C=O) groups excluding carboxylic acids is 1. The molecule has 0 radical (unpaired) electrons. The second-order valence-corrected chi connectivity index (χ2v) is 6.81. The normalized spacial score (nSPS) is 11.9. The topological polar surface area (TPSA) is 50.8 Å². The number of nitrogens with one attached hydrogen (secondary N) is 1. The van der Waals surface area contributed by atoms with Crippen molar-refractivity contribution in [3.8, 4) is 11.5 Å². The first kappa shape index (κ1) is 21.7. The lowest BCUT2D eigenvalue weighted by Gasteiger charge is -2.25. The van der Waals surface area contributed by atoms with Gasteiger partial charge in [0.1, 0.15) is 5.82 Å². The minimum Gasteiger partial charge on any atom is -0.493 e. The van der Waals surface area contributed by atoms with Crippen molar-refractivity contribution < 1.29 is 18.7 Å². The van der Waals surface area contributed by atoms with Crippen LogP contribution in [0.3, 0.4) is 0 Å². The van der Waals surface area contributed by atoms with Gasteiger partial charge in [0.05, 0.1) is 19.8 Å². The number of nitrogens with zero attached hydrogens (tertiary/aromatic N) is 1. The van der Waals surface area contributed by atoms with E-state index < -0.39 is 0 Å². The van der Waals surface area contributed by atoms with E-state index in [2.05, 4.69) is 12.2 Å². The van der Waals surface area contributed by atoms with Crippen molar-refractivity contribution in [2.45, 2.75) is 25.8 Å². The van der Waals surface area contributed by atoms with E-state index >= 15 is 0 Å². The number of likely N-dealkylation sites (N-methyl/N-ethyl adjacent to an activating group) is 1. The molecule has 0 saturated carbocycles. The quantitative estimate of drug-likeness (QED) is 0.624. The van der Waals surface area contributed by atoms with E-state index in [-0.39, 0.29) is 17.8 Å². The van der Waals surface area contributed by atoms with Gasteiger partial charge in [-0.3, -0.25) is 4.79 Å². The molecule has 0 saturated heterocycles. The van der Waals surface area contributed by atoms with Crippen LogP contribution in [-0.4, -0.2) is 45.2 Å². The SMILES string of the molecule is CCCCOc1ccc(C(=O)NCC(c2cccc(F)c2)N(C)C)cc1OC. The van der Waals surface area contributed by atoms with Crippen LogP contribution in [-0.2, 0) is 0 Å². The Morgan fingerprint density at radius 2 is 1.96 bits per heavy atom. The van der Waals surface area contributed by atoms with E-state index in [0.29, 0.717) is 30.2 Å². The number of hydrogen-bond acceptors (Lipinski definition) is 4. The maximum absolute atomic E-state index is 13.6. The Hall–Kier alpha value is -2.60. The maximum atomic E-state index is 13.6. The third-order valence-electron chi connectivity index (χ3n) is 4.49. The zero-order valence-corrected chi connectivity index (χ0v) is 17.0. The minimum atomic E-state index is -0.293. The van der Waals surface area contributed by atoms with E-state index in [4.69, 9.17) is 9.47 Å². The Morgan fingerprint density at radius 1 is 1.18 bits per heavy atom. The Bertz CT molecular complexity index is 780. The molecule has 0 fully saturated rings. The number of ether oxygens (including phenoxy) is 2. The van der Waals surface area contributed by atoms with E-state index in [9.17, 15) is 9.18 Å². The standard InChI is InChI=1S/C22H29FN2O3/c1-5-6-12-28-20-11-10-17(14-21(20)27-4)22(26)24-15-19(25(2)3)16-8-7-9-18(23)13-16/h7-11,13-14,19H,5-6,12,15H2,1-4H3,(H,24,26). The Morgan fingerprint density at radius 3 is 2.61 bits per heavy atom. The fourth-order valence-electron chi connectivity index (χ4n) is 2.86. The summed E-state index contributed by atoms with van der Waals surface area (Å²) in [7, 11) is 5.34. The van der Waals surface area contributed by atoms with E-state index in [1.54, 1.807) is 31.4 Å². The minimum absolute atomic E-state index is 0.141. The molecule has 28 heavy (non-hydrogen) atoms. The number of halogens is 1. The van der Waals surface area contributed by atoms with Gasteiger partial charge < -0.3 is 19.7 Å². The average Bonchev–Trinajstić information content (AvgIpc) is 2.68. The van der Waals surface area contributed by atoms with Gasteiger partial charge in [0.2, 0.25) is 0 Å². The molecular formula is C22H29FN2O3. The molecule has 0 spiro atoms. The number of benzene rings is 2. The predicted octanol–water partition coefficient (Wildman–Crippen LogP) is 4.05. The zero-order valence-electron chi connectivity index (χ0n) is 17.0. The lowest BCUT2D eigenvalue weighted by molar-refractivity contribution is 0.0941. The number of amides is 1. The van der Waals surface area contributed by atoms with Gasteiger partial charge >= 0.3 is 0 Å². The van der Waals surface area contributed by atoms with Gasteiger partial charge in [0.15, 0.2) is 11.5 Å². The first-order valence-electron chi connectivity index (χ1n) is 9.47. The summed E-state index contributed by atoms with van der Waals surface area (Å²) in [4.78, 5) is 14.6. The van der Waals surface area contributed by atoms with Gasteiger partial charge in [-0.15, -0.1) is 0 Å². The van der Waals surface area contributed by atoms with Crippen LogP contribution >= 0.6 is 0 Å². The van der Waals surface area contributed by atoms with Gasteiger partial charge in [-0.2, -0.15) is 0 Å². The molecule has 0 aliphatic heterocycles. The maximum Gasteiger partial charge on any atom is 0.251 e. The van der Waals surface area contributed by atoms with Crippen molar-refractivity contribution in [2.24, 2.45) is 0 Å². The van der Waals surface area contributed by atoms with Crippen molar-refractivity contribution in [3.63, 3.8) is 0 Å². The number of unbranched alkanes of at least 4 members (excludes halogenated alkanes) is 1. The molecule has 6 heteroatoms. The van der Waals surface area contributed by atoms with Crippen LogP contribution in [0.5, 0.6) is 11.5 Å². The first-order valence-corrected chi connectivity index (χ1v) is 9.47. The summed E-state index contributed by atoms with van der Waals surface area (Å²) in [5.41, 5.74) is 1.29. The van der Waals surface area contributed by atoms with Gasteiger partial charge in [-0.05, 0) is 56.4 Å². The van der Waals surface area contributed by atoms with Gasteiger partial charge in [-0.1, -0.05) is 25.5 Å². The largest absolute Gasteiger partial charge is 0.493 e. The molecular weight excluding hydrogens is 359 g/mol. The highest BCUT2D eigenvalue weighted by molar-refractivity contribution is 5.94. The number of methoxy groups -OCH3 is 1. The second-order valence-electron chi connectivity index (χ2n) is 6.81. The van der Waals surface area contributed by atoms with Gasteiger partial charge in [-0.25, -0.2) is 4.39 Å². The summed E-state index contributed by atoms with van der Waals surface area (Å²) < 4.78 is 24.6. The lowest BCUT2D eigenvalue weighted by atomic mass is 10.1. The summed E-state index contributed by atoms with van der Waals surface area (Å²) in [6.45, 7) is 3.06. The summed E-state index contributed by atoms with van der Waals surface area (Å²) in [5.74, 6) is 0.636. The van der Waals surface area contributed by atoms with Gasteiger partial charge in [0.25, 0.3) is 5.91 Å². The molecule has 2 rings (SSSR count). The molecule has 1 amide bonds. The number of hydrogen-bond donors (Lipinski definition) is 1. The average molecular weight is 388 g/mol. The van der Waals surface area contributed by atoms with Crippen LogP contribution in [0, 0.1) is 5.82 Å². The molecule has 2 aromatic rings. The highest BCUT2D eigenvalue weighted by Crippen LogP contribution is 2.28. The van der Waals surface area contributed by atoms with E-state index in [1.807, 2.05) is 25.1 Å². The van der Waals surface area contributed by atoms with Crippen LogP contribution in [0.1, 0.15) is 41.7 Å². The van der Waals surface area contributed by atoms with Gasteiger partial charge in [0, 0.05) is 12.1 Å². The number of rotatable bonds is 10. The van der Waals surface area contributed by atoms with Crippen LogP contribution in [0.4, 0.5) is 4.39 Å². The molecule has 1 unspecified atom stereocenters. The van der Waals surface area contributed by atoms with Crippen LogP contribution in [0.15, 0.2) is 42.5 Å². The molecule has 0 aromatic heterocycles. The van der Waals surface area contributed by atoms with Crippen molar-refractivity contribution in [1.82, 2.24) is 10.2 Å². The van der Waals surface area contributed by atoms with Crippen molar-refractivity contribution >= 4 is 5.91 Å². The van der Waals surface area contributed by atoms with Crippen molar-refractivity contribution in [3.05, 3.63) is 59.4 Å². The van der Waals surface area contributed by atoms with E-state index in [0.717, 1.165) is 18.4 Å². The fourth-order valence-corrected chi connectivity index (χ4v) is 2.86. The van der Waals surface area contributed by atoms with Crippen LogP contribution < -0.4 is 14.8 Å². The third kappa shape index (κ3) is 5.96. The Balaban J connectivity index is 2.06. The highest BCUT2D eigenvalue weighted by atomic mass is 19.1. The van der Waals surface area contributed by atoms with Crippen molar-refractivity contribution in [2.75, 3.05) is 34.4 Å². The molecule has 1 N–H and O–H groups in total. The summed E-state index contributed by atoms with van der Waals surface area (Å²) in [6.07, 6.45) is 2.00. The van der Waals surface area contributed by atoms with E-state index in [1.165, 1.54) is 12.1 Å². The Labute approximate surface area is 166 Å². The third-order valence-corrected chi connectivity index (χ3v) is 4.49. The molecule has 0 heterocycles. The van der Waals surface area contributed by atoms with Crippen LogP contribution in [0.25, 0.3) is 0 Å². The zero-order chi connectivity index (χ0) is 20.5. The molecule has 0 bridgehead atoms. The lowest BCUT2D eigenvalue weighted by Crippen LogP contribution is -2.34. The second kappa shape index (κ2) is 10.7. The summed E-state index contributed by atoms with van der Waals surface area (Å²) in [5, 5.41) is 2.92. The van der Waals surface area contributed by atoms with Crippen molar-refractivity contribution in [1.29, 1.82) is 0 Å². The first-order chi connectivity index (χ1) is 13.5. The molecule has 5 nitrogen and oxygen atoms in total. The Kier molecular flexibility index (Phi) is 8.26. The smallest absolute Gasteiger partial charge is 0.251 e. The molecule has 152 valence electrons. The predicted molar refractivity (Wildman–Crippen MR) is 109 cm³/mol. The monoisotopic (exact) mass is 388 g/mol. The number of carbonyl (C=O) groups is 1. The summed E-state index contributed by atoms with van der Waals surface area (Å²) in [6, 6.07) is 11.4. The molecule has 0 aliphatic rings. The summed E-state index contributed by atoms with van der Waals surface area (Å²) >= 11 is 0. The molecule has 1 atom stereocenters. The molecule has 0 aliphatic carbocycles. The molecule has 2 aromatic carbocycles. The highest BCUT2D eigenvalue weighted by Gasteiger charge is 2.17. The van der Waals surface area contributed by atoms with Crippen LogP contribution in [0.2, 0.25) is 0 Å². The fraction of sp³-hybridized carbons (Fsp3) is 0.409.